The number of piperidine rings is 1. The van der Waals surface area contributed by atoms with Crippen molar-refractivity contribution in [3.8, 4) is 0 Å². The molecule has 1 aromatic rings. The van der Waals surface area contributed by atoms with Crippen LogP contribution in [0.4, 0.5) is 0 Å². The first-order valence-electron chi connectivity index (χ1n) is 9.39. The van der Waals surface area contributed by atoms with Gasteiger partial charge in [0.25, 0.3) is 0 Å². The van der Waals surface area contributed by atoms with E-state index >= 15 is 0 Å². The molecule has 2 fully saturated rings. The predicted molar refractivity (Wildman–Crippen MR) is 96.8 cm³/mol. The van der Waals surface area contributed by atoms with E-state index in [2.05, 4.69) is 4.90 Å². The van der Waals surface area contributed by atoms with Crippen LogP contribution < -0.4 is 0 Å². The van der Waals surface area contributed by atoms with Crippen molar-refractivity contribution in [1.29, 1.82) is 0 Å². The van der Waals surface area contributed by atoms with Crippen molar-refractivity contribution in [2.45, 2.75) is 63.4 Å². The zero-order chi connectivity index (χ0) is 16.1. The summed E-state index contributed by atoms with van der Waals surface area (Å²) in [5.74, 6) is 0.391. The Morgan fingerprint density at radius 2 is 1.57 bits per heavy atom. The van der Waals surface area contributed by atoms with Gasteiger partial charge in [0.05, 0.1) is 5.60 Å². The normalized spacial score (nSPS) is 23.6. The summed E-state index contributed by atoms with van der Waals surface area (Å²) >= 11 is 6.06. The lowest BCUT2D eigenvalue weighted by Crippen LogP contribution is -2.41. The first-order chi connectivity index (χ1) is 11.2. The summed E-state index contributed by atoms with van der Waals surface area (Å²) in [5, 5.41) is 12.4. The quantitative estimate of drug-likeness (QED) is 0.819. The Morgan fingerprint density at radius 3 is 2.22 bits per heavy atom. The highest BCUT2D eigenvalue weighted by Gasteiger charge is 2.38. The maximum Gasteiger partial charge on any atom is 0.0936 e. The van der Waals surface area contributed by atoms with E-state index in [4.69, 9.17) is 11.6 Å². The van der Waals surface area contributed by atoms with E-state index in [1.807, 2.05) is 24.3 Å². The minimum absolute atomic E-state index is 0.391. The van der Waals surface area contributed by atoms with Gasteiger partial charge in [-0.1, -0.05) is 49.4 Å². The second-order valence-electron chi connectivity index (χ2n) is 7.42. The van der Waals surface area contributed by atoms with Crippen LogP contribution in [0.2, 0.25) is 5.02 Å². The van der Waals surface area contributed by atoms with E-state index < -0.39 is 5.60 Å². The van der Waals surface area contributed by atoms with Crippen molar-refractivity contribution in [3.05, 3.63) is 34.9 Å². The number of hydrogen-bond donors (Lipinski definition) is 1. The monoisotopic (exact) mass is 335 g/mol. The van der Waals surface area contributed by atoms with Crippen LogP contribution >= 0.6 is 11.6 Å². The van der Waals surface area contributed by atoms with Crippen molar-refractivity contribution in [1.82, 2.24) is 4.90 Å². The largest absolute Gasteiger partial charge is 0.385 e. The SMILES string of the molecule is OC(CCN1CCCCC1)(c1ccc(Cl)cc1)C1CCCCC1. The highest BCUT2D eigenvalue weighted by atomic mass is 35.5. The molecule has 1 aromatic carbocycles. The number of hydrogen-bond acceptors (Lipinski definition) is 2. The van der Waals surface area contributed by atoms with Crippen LogP contribution in [0.3, 0.4) is 0 Å². The smallest absolute Gasteiger partial charge is 0.0936 e. The van der Waals surface area contributed by atoms with Gasteiger partial charge in [-0.15, -0.1) is 0 Å². The first-order valence-corrected chi connectivity index (χ1v) is 9.77. The van der Waals surface area contributed by atoms with Gasteiger partial charge in [0.15, 0.2) is 0 Å². The predicted octanol–water partition coefficient (Wildman–Crippen LogP) is 4.98. The number of aliphatic hydroxyl groups is 1. The molecule has 0 radical (unpaired) electrons. The van der Waals surface area contributed by atoms with E-state index in [-0.39, 0.29) is 0 Å². The van der Waals surface area contributed by atoms with Crippen LogP contribution in [-0.4, -0.2) is 29.6 Å². The van der Waals surface area contributed by atoms with Crippen LogP contribution in [-0.2, 0) is 5.60 Å². The standard InChI is InChI=1S/C20H30ClNO/c21-19-11-9-18(10-12-19)20(23,17-7-3-1-4-8-17)13-16-22-14-5-2-6-15-22/h9-12,17,23H,1-8,13-16H2. The molecule has 1 atom stereocenters. The number of rotatable bonds is 5. The third-order valence-electron chi connectivity index (χ3n) is 5.88. The van der Waals surface area contributed by atoms with Gasteiger partial charge in [-0.05, 0) is 68.8 Å². The molecule has 3 heteroatoms. The average molecular weight is 336 g/mol. The second-order valence-corrected chi connectivity index (χ2v) is 7.85. The molecule has 1 N–H and O–H groups in total. The lowest BCUT2D eigenvalue weighted by Gasteiger charge is -2.41. The lowest BCUT2D eigenvalue weighted by molar-refractivity contribution is -0.0528. The van der Waals surface area contributed by atoms with Gasteiger partial charge in [0, 0.05) is 11.6 Å². The molecular formula is C20H30ClNO. The second kappa shape index (κ2) is 8.00. The van der Waals surface area contributed by atoms with Crippen molar-refractivity contribution >= 4 is 11.6 Å². The summed E-state index contributed by atoms with van der Waals surface area (Å²) in [4.78, 5) is 2.53. The first kappa shape index (κ1) is 17.3. The van der Waals surface area contributed by atoms with Gasteiger partial charge in [-0.3, -0.25) is 0 Å². The molecule has 23 heavy (non-hydrogen) atoms. The molecule has 0 bridgehead atoms. The minimum Gasteiger partial charge on any atom is -0.385 e. The Bertz CT molecular complexity index is 477. The van der Waals surface area contributed by atoms with E-state index in [0.29, 0.717) is 5.92 Å². The molecular weight excluding hydrogens is 306 g/mol. The molecule has 2 nitrogen and oxygen atoms in total. The van der Waals surface area contributed by atoms with Crippen LogP contribution in [0.15, 0.2) is 24.3 Å². The lowest BCUT2D eigenvalue weighted by atomic mass is 9.71. The number of nitrogens with zero attached hydrogens (tertiary/aromatic N) is 1. The number of likely N-dealkylation sites (tertiary alicyclic amines) is 1. The van der Waals surface area contributed by atoms with E-state index in [1.165, 1.54) is 51.6 Å². The Morgan fingerprint density at radius 1 is 0.957 bits per heavy atom. The van der Waals surface area contributed by atoms with Gasteiger partial charge in [-0.25, -0.2) is 0 Å². The van der Waals surface area contributed by atoms with E-state index in [0.717, 1.165) is 36.4 Å². The molecule has 1 heterocycles. The fourth-order valence-corrected chi connectivity index (χ4v) is 4.54. The highest BCUT2D eigenvalue weighted by molar-refractivity contribution is 6.30. The van der Waals surface area contributed by atoms with Gasteiger partial charge in [0.2, 0.25) is 0 Å². The summed E-state index contributed by atoms with van der Waals surface area (Å²) in [6, 6.07) is 7.91. The summed E-state index contributed by atoms with van der Waals surface area (Å²) in [5.41, 5.74) is 0.369. The fraction of sp³-hybridized carbons (Fsp3) is 0.700. The van der Waals surface area contributed by atoms with Crippen molar-refractivity contribution < 1.29 is 5.11 Å². The molecule has 1 unspecified atom stereocenters. The Labute approximate surface area is 145 Å². The summed E-state index contributed by atoms with van der Waals surface area (Å²) in [6.07, 6.45) is 11.0. The van der Waals surface area contributed by atoms with Crippen LogP contribution in [0.1, 0.15) is 63.4 Å². The number of halogens is 1. The van der Waals surface area contributed by atoms with Crippen LogP contribution in [0.5, 0.6) is 0 Å². The Balaban J connectivity index is 1.75. The molecule has 0 amide bonds. The average Bonchev–Trinajstić information content (AvgIpc) is 2.62. The van der Waals surface area contributed by atoms with Crippen molar-refractivity contribution in [2.75, 3.05) is 19.6 Å². The topological polar surface area (TPSA) is 23.5 Å². The van der Waals surface area contributed by atoms with E-state index in [1.54, 1.807) is 0 Å². The van der Waals surface area contributed by atoms with Gasteiger partial charge in [-0.2, -0.15) is 0 Å². The highest BCUT2D eigenvalue weighted by Crippen LogP contribution is 2.42. The molecule has 3 rings (SSSR count). The molecule has 1 saturated heterocycles. The Hall–Kier alpha value is -0.570. The molecule has 1 saturated carbocycles. The third-order valence-corrected chi connectivity index (χ3v) is 6.13. The molecule has 1 aliphatic carbocycles. The van der Waals surface area contributed by atoms with E-state index in [9.17, 15) is 5.11 Å². The molecule has 128 valence electrons. The zero-order valence-electron chi connectivity index (χ0n) is 14.1. The minimum atomic E-state index is -0.692. The maximum atomic E-state index is 11.7. The molecule has 1 aliphatic heterocycles. The third kappa shape index (κ3) is 4.29. The maximum absolute atomic E-state index is 11.7. The van der Waals surface area contributed by atoms with Crippen LogP contribution in [0, 0.1) is 5.92 Å². The summed E-state index contributed by atoms with van der Waals surface area (Å²) < 4.78 is 0. The molecule has 0 aromatic heterocycles. The van der Waals surface area contributed by atoms with Gasteiger partial charge in [0.1, 0.15) is 0 Å². The van der Waals surface area contributed by atoms with Gasteiger partial charge >= 0.3 is 0 Å². The fourth-order valence-electron chi connectivity index (χ4n) is 4.41. The summed E-state index contributed by atoms with van der Waals surface area (Å²) in [7, 11) is 0. The van der Waals surface area contributed by atoms with Gasteiger partial charge < -0.3 is 10.0 Å². The van der Waals surface area contributed by atoms with Crippen LogP contribution in [0.25, 0.3) is 0 Å². The molecule has 2 aliphatic rings. The number of benzene rings is 1. The zero-order valence-corrected chi connectivity index (χ0v) is 14.9. The summed E-state index contributed by atoms with van der Waals surface area (Å²) in [6.45, 7) is 3.40. The molecule has 0 spiro atoms. The van der Waals surface area contributed by atoms with Crippen molar-refractivity contribution in [2.24, 2.45) is 5.92 Å². The Kier molecular flexibility index (Phi) is 6.01. The van der Waals surface area contributed by atoms with Crippen molar-refractivity contribution in [3.63, 3.8) is 0 Å².